The highest BCUT2D eigenvalue weighted by Crippen LogP contribution is 2.30. The number of anilines is 1. The molecule has 1 atom stereocenters. The van der Waals surface area contributed by atoms with Gasteiger partial charge < -0.3 is 16.0 Å². The minimum atomic E-state index is -0.402. The summed E-state index contributed by atoms with van der Waals surface area (Å²) in [5.74, 6) is 0.824. The van der Waals surface area contributed by atoms with Gasteiger partial charge in [-0.3, -0.25) is 4.79 Å². The molecule has 0 radical (unpaired) electrons. The average Bonchev–Trinajstić information content (AvgIpc) is 2.67. The van der Waals surface area contributed by atoms with Gasteiger partial charge in [0.1, 0.15) is 11.9 Å². The number of hydrogen-bond acceptors (Lipinski definition) is 3. The third kappa shape index (κ3) is 2.35. The molecule has 1 aromatic heterocycles. The molecule has 2 aromatic rings. The van der Waals surface area contributed by atoms with Crippen molar-refractivity contribution in [2.24, 2.45) is 11.7 Å². The van der Waals surface area contributed by atoms with Crippen LogP contribution in [0.15, 0.2) is 18.2 Å². The van der Waals surface area contributed by atoms with E-state index in [2.05, 4.69) is 18.8 Å². The number of rotatable bonds is 4. The summed E-state index contributed by atoms with van der Waals surface area (Å²) in [5, 5.41) is 0. The second-order valence-electron chi connectivity index (χ2n) is 5.83. The smallest absolute Gasteiger partial charge is 0.240 e. The van der Waals surface area contributed by atoms with Crippen LogP contribution in [0.2, 0.25) is 0 Å². The Labute approximate surface area is 119 Å². The Bertz CT molecular complexity index is 643. The maximum absolute atomic E-state index is 11.9. The topological polar surface area (TPSA) is 86.9 Å². The molecule has 1 unspecified atom stereocenters. The van der Waals surface area contributed by atoms with Gasteiger partial charge in [0.15, 0.2) is 0 Å². The van der Waals surface area contributed by atoms with Crippen LogP contribution in [0.4, 0.5) is 5.69 Å². The fraction of sp³-hybridized carbons (Fsp3) is 0.467. The Morgan fingerprint density at radius 3 is 2.40 bits per heavy atom. The lowest BCUT2D eigenvalue weighted by Crippen LogP contribution is -2.31. The van der Waals surface area contributed by atoms with Gasteiger partial charge in [-0.1, -0.05) is 27.7 Å². The molecule has 0 saturated heterocycles. The molecule has 20 heavy (non-hydrogen) atoms. The minimum Gasteiger partial charge on any atom is -0.399 e. The van der Waals surface area contributed by atoms with Gasteiger partial charge in [-0.25, -0.2) is 4.98 Å². The van der Waals surface area contributed by atoms with E-state index >= 15 is 0 Å². The summed E-state index contributed by atoms with van der Waals surface area (Å²) in [5.41, 5.74) is 13.8. The summed E-state index contributed by atoms with van der Waals surface area (Å²) in [6.45, 7) is 8.09. The second kappa shape index (κ2) is 5.15. The van der Waals surface area contributed by atoms with E-state index in [4.69, 9.17) is 11.5 Å². The SMILES string of the molecule is CC(C)c1nc2cc(N)ccc2n1C(C(N)=O)C(C)C. The van der Waals surface area contributed by atoms with Crippen molar-refractivity contribution >= 4 is 22.6 Å². The summed E-state index contributed by atoms with van der Waals surface area (Å²) < 4.78 is 1.96. The number of carbonyl (C=O) groups excluding carboxylic acids is 1. The molecule has 0 saturated carbocycles. The number of aromatic nitrogens is 2. The number of benzene rings is 1. The van der Waals surface area contributed by atoms with Crippen LogP contribution in [-0.4, -0.2) is 15.5 Å². The second-order valence-corrected chi connectivity index (χ2v) is 5.83. The van der Waals surface area contributed by atoms with Crippen molar-refractivity contribution in [3.63, 3.8) is 0 Å². The number of carbonyl (C=O) groups is 1. The molecule has 0 aliphatic carbocycles. The molecule has 0 aliphatic heterocycles. The van der Waals surface area contributed by atoms with Crippen LogP contribution in [0.3, 0.4) is 0 Å². The van der Waals surface area contributed by atoms with Crippen LogP contribution in [0.5, 0.6) is 0 Å². The number of amides is 1. The Balaban J connectivity index is 2.77. The molecule has 4 N–H and O–H groups in total. The normalized spacial score (nSPS) is 13.3. The monoisotopic (exact) mass is 274 g/mol. The van der Waals surface area contributed by atoms with E-state index in [0.29, 0.717) is 5.69 Å². The highest BCUT2D eigenvalue weighted by molar-refractivity contribution is 5.85. The highest BCUT2D eigenvalue weighted by atomic mass is 16.1. The van der Waals surface area contributed by atoms with Crippen molar-refractivity contribution in [3.05, 3.63) is 24.0 Å². The number of nitrogen functional groups attached to an aromatic ring is 1. The predicted octanol–water partition coefficient (Wildman–Crippen LogP) is 2.42. The minimum absolute atomic E-state index is 0.0972. The van der Waals surface area contributed by atoms with Crippen LogP contribution in [-0.2, 0) is 4.79 Å². The van der Waals surface area contributed by atoms with Crippen molar-refractivity contribution in [2.75, 3.05) is 5.73 Å². The standard InChI is InChI=1S/C15H22N4O/c1-8(2)13(14(17)20)19-12-6-5-10(16)7-11(12)18-15(19)9(3)4/h5-9,13H,16H2,1-4H3,(H2,17,20). The van der Waals surface area contributed by atoms with Gasteiger partial charge in [0, 0.05) is 11.6 Å². The van der Waals surface area contributed by atoms with Gasteiger partial charge >= 0.3 is 0 Å². The van der Waals surface area contributed by atoms with E-state index in [0.717, 1.165) is 16.9 Å². The van der Waals surface area contributed by atoms with E-state index in [1.54, 1.807) is 0 Å². The van der Waals surface area contributed by atoms with Crippen molar-refractivity contribution in [2.45, 2.75) is 39.7 Å². The zero-order valence-corrected chi connectivity index (χ0v) is 12.4. The van der Waals surface area contributed by atoms with Crippen molar-refractivity contribution in [1.82, 2.24) is 9.55 Å². The molecule has 1 heterocycles. The lowest BCUT2D eigenvalue weighted by Gasteiger charge is -2.23. The molecule has 5 nitrogen and oxygen atoms in total. The first-order valence-electron chi connectivity index (χ1n) is 6.89. The van der Waals surface area contributed by atoms with Crippen molar-refractivity contribution in [1.29, 1.82) is 0 Å². The lowest BCUT2D eigenvalue weighted by atomic mass is 10.0. The molecule has 0 bridgehead atoms. The fourth-order valence-electron chi connectivity index (χ4n) is 2.59. The van der Waals surface area contributed by atoms with Crippen molar-refractivity contribution in [3.8, 4) is 0 Å². The summed E-state index contributed by atoms with van der Waals surface area (Å²) in [6.07, 6.45) is 0. The summed E-state index contributed by atoms with van der Waals surface area (Å²) in [6, 6.07) is 5.15. The van der Waals surface area contributed by atoms with Crippen LogP contribution >= 0.6 is 0 Å². The highest BCUT2D eigenvalue weighted by Gasteiger charge is 2.27. The quantitative estimate of drug-likeness (QED) is 0.839. The van der Waals surface area contributed by atoms with Crippen molar-refractivity contribution < 1.29 is 4.79 Å². The average molecular weight is 274 g/mol. The van der Waals surface area contributed by atoms with E-state index in [9.17, 15) is 4.79 Å². The predicted molar refractivity (Wildman–Crippen MR) is 81.3 cm³/mol. The first kappa shape index (κ1) is 14.4. The van der Waals surface area contributed by atoms with Crippen LogP contribution in [0.25, 0.3) is 11.0 Å². The van der Waals surface area contributed by atoms with Gasteiger partial charge in [-0.2, -0.15) is 0 Å². The number of imidazole rings is 1. The molecular formula is C15H22N4O. The van der Waals surface area contributed by atoms with Gasteiger partial charge in [-0.05, 0) is 24.1 Å². The van der Waals surface area contributed by atoms with Crippen LogP contribution in [0.1, 0.15) is 45.5 Å². The third-order valence-electron chi connectivity index (χ3n) is 3.46. The fourth-order valence-corrected chi connectivity index (χ4v) is 2.59. The maximum Gasteiger partial charge on any atom is 0.240 e. The number of fused-ring (bicyclic) bond motifs is 1. The molecule has 0 spiro atoms. The van der Waals surface area contributed by atoms with E-state index in [1.807, 2.05) is 36.6 Å². The van der Waals surface area contributed by atoms with Gasteiger partial charge in [0.05, 0.1) is 11.0 Å². The van der Waals surface area contributed by atoms with E-state index in [-0.39, 0.29) is 17.7 Å². The summed E-state index contributed by atoms with van der Waals surface area (Å²) in [4.78, 5) is 16.5. The molecule has 0 fully saturated rings. The largest absolute Gasteiger partial charge is 0.399 e. The number of hydrogen-bond donors (Lipinski definition) is 2. The van der Waals surface area contributed by atoms with Gasteiger partial charge in [-0.15, -0.1) is 0 Å². The molecule has 1 amide bonds. The van der Waals surface area contributed by atoms with Crippen LogP contribution in [0, 0.1) is 5.92 Å². The van der Waals surface area contributed by atoms with Gasteiger partial charge in [0.25, 0.3) is 0 Å². The van der Waals surface area contributed by atoms with Crippen LogP contribution < -0.4 is 11.5 Å². The molecule has 5 heteroatoms. The number of nitrogens with zero attached hydrogens (tertiary/aromatic N) is 2. The zero-order valence-electron chi connectivity index (χ0n) is 12.4. The molecule has 1 aromatic carbocycles. The molecule has 0 aliphatic rings. The lowest BCUT2D eigenvalue weighted by molar-refractivity contribution is -0.122. The third-order valence-corrected chi connectivity index (χ3v) is 3.46. The van der Waals surface area contributed by atoms with E-state index in [1.165, 1.54) is 0 Å². The first-order valence-corrected chi connectivity index (χ1v) is 6.89. The Morgan fingerprint density at radius 2 is 1.90 bits per heavy atom. The Morgan fingerprint density at radius 1 is 1.25 bits per heavy atom. The molecular weight excluding hydrogens is 252 g/mol. The Kier molecular flexibility index (Phi) is 3.70. The van der Waals surface area contributed by atoms with E-state index < -0.39 is 6.04 Å². The van der Waals surface area contributed by atoms with Gasteiger partial charge in [0.2, 0.25) is 5.91 Å². The summed E-state index contributed by atoms with van der Waals surface area (Å²) in [7, 11) is 0. The zero-order chi connectivity index (χ0) is 15.0. The number of primary amides is 1. The Hall–Kier alpha value is -2.04. The number of nitrogens with two attached hydrogens (primary N) is 2. The molecule has 108 valence electrons. The summed E-state index contributed by atoms with van der Waals surface area (Å²) >= 11 is 0. The first-order chi connectivity index (χ1) is 9.32. The molecule has 2 rings (SSSR count). The maximum atomic E-state index is 11.9.